The van der Waals surface area contributed by atoms with Crippen molar-refractivity contribution in [1.82, 2.24) is 0 Å². The highest BCUT2D eigenvalue weighted by Gasteiger charge is 2.01. The number of ether oxygens (including phenoxy) is 1. The van der Waals surface area contributed by atoms with Crippen LogP contribution in [0.4, 0.5) is 0 Å². The minimum Gasteiger partial charge on any atom is -0.469 e. The lowest BCUT2D eigenvalue weighted by molar-refractivity contribution is -0.140. The van der Waals surface area contributed by atoms with Gasteiger partial charge in [-0.25, -0.2) is 0 Å². The van der Waals surface area contributed by atoms with Gasteiger partial charge in [0.25, 0.3) is 0 Å². The largest absolute Gasteiger partial charge is 0.469 e. The Balaban J connectivity index is 2.44. The summed E-state index contributed by atoms with van der Waals surface area (Å²) in [6.45, 7) is 4.21. The number of carbonyl (C=O) groups excluding carboxylic acids is 1. The van der Waals surface area contributed by atoms with Crippen LogP contribution in [0.3, 0.4) is 0 Å². The molecule has 0 saturated carbocycles. The van der Waals surface area contributed by atoms with Crippen molar-refractivity contribution in [3.05, 3.63) is 34.9 Å². The molecule has 0 heterocycles. The van der Waals surface area contributed by atoms with Crippen LogP contribution in [0.2, 0.25) is 0 Å². The Labute approximate surface area is 91.3 Å². The van der Waals surface area contributed by atoms with Crippen LogP contribution in [-0.4, -0.2) is 13.1 Å². The molecule has 82 valence electrons. The quantitative estimate of drug-likeness (QED) is 0.708. The Morgan fingerprint density at radius 3 is 2.60 bits per heavy atom. The van der Waals surface area contributed by atoms with Crippen molar-refractivity contribution in [2.75, 3.05) is 7.11 Å². The highest BCUT2D eigenvalue weighted by molar-refractivity contribution is 5.69. The highest BCUT2D eigenvalue weighted by Crippen LogP contribution is 2.12. The van der Waals surface area contributed by atoms with E-state index in [9.17, 15) is 4.79 Å². The zero-order valence-corrected chi connectivity index (χ0v) is 9.67. The van der Waals surface area contributed by atoms with Crippen molar-refractivity contribution in [3.8, 4) is 0 Å². The van der Waals surface area contributed by atoms with Gasteiger partial charge in [-0.15, -0.1) is 0 Å². The van der Waals surface area contributed by atoms with Crippen LogP contribution in [0.1, 0.15) is 29.5 Å². The second-order valence-electron chi connectivity index (χ2n) is 3.85. The van der Waals surface area contributed by atoms with Gasteiger partial charge >= 0.3 is 5.97 Å². The molecule has 0 aliphatic rings. The Kier molecular flexibility index (Phi) is 4.35. The predicted octanol–water partition coefficient (Wildman–Crippen LogP) is 2.80. The summed E-state index contributed by atoms with van der Waals surface area (Å²) < 4.78 is 4.59. The van der Waals surface area contributed by atoms with Crippen molar-refractivity contribution in [2.45, 2.75) is 33.1 Å². The van der Waals surface area contributed by atoms with E-state index in [1.54, 1.807) is 0 Å². The van der Waals surface area contributed by atoms with Gasteiger partial charge in [0, 0.05) is 6.42 Å². The summed E-state index contributed by atoms with van der Waals surface area (Å²) in [5, 5.41) is 0. The number of hydrogen-bond acceptors (Lipinski definition) is 2. The van der Waals surface area contributed by atoms with Crippen LogP contribution >= 0.6 is 0 Å². The van der Waals surface area contributed by atoms with Crippen molar-refractivity contribution in [3.63, 3.8) is 0 Å². The zero-order chi connectivity index (χ0) is 11.3. The molecule has 0 unspecified atom stereocenters. The number of carbonyl (C=O) groups is 1. The molecule has 1 aromatic rings. The van der Waals surface area contributed by atoms with Crippen LogP contribution in [0.25, 0.3) is 0 Å². The molecule has 0 saturated heterocycles. The third-order valence-electron chi connectivity index (χ3n) is 2.65. The van der Waals surface area contributed by atoms with Crippen LogP contribution < -0.4 is 0 Å². The van der Waals surface area contributed by atoms with E-state index in [4.69, 9.17) is 0 Å². The van der Waals surface area contributed by atoms with Crippen LogP contribution in [0, 0.1) is 13.8 Å². The molecule has 1 rings (SSSR count). The van der Waals surface area contributed by atoms with E-state index in [-0.39, 0.29) is 5.97 Å². The van der Waals surface area contributed by atoms with E-state index in [1.165, 1.54) is 23.8 Å². The maximum atomic E-state index is 10.9. The minimum absolute atomic E-state index is 0.126. The Hall–Kier alpha value is -1.31. The molecule has 0 fully saturated rings. The van der Waals surface area contributed by atoms with E-state index >= 15 is 0 Å². The van der Waals surface area contributed by atoms with E-state index in [0.29, 0.717) is 6.42 Å². The van der Waals surface area contributed by atoms with Gasteiger partial charge in [0.15, 0.2) is 0 Å². The normalized spacial score (nSPS) is 10.1. The van der Waals surface area contributed by atoms with E-state index in [0.717, 1.165) is 12.8 Å². The number of rotatable bonds is 4. The van der Waals surface area contributed by atoms with Gasteiger partial charge in [-0.3, -0.25) is 4.79 Å². The Bertz CT molecular complexity index is 342. The van der Waals surface area contributed by atoms with Gasteiger partial charge in [0.05, 0.1) is 7.11 Å². The number of benzene rings is 1. The monoisotopic (exact) mass is 206 g/mol. The van der Waals surface area contributed by atoms with E-state index in [2.05, 4.69) is 36.8 Å². The van der Waals surface area contributed by atoms with Gasteiger partial charge in [-0.05, 0) is 43.4 Å². The maximum Gasteiger partial charge on any atom is 0.305 e. The maximum absolute atomic E-state index is 10.9. The summed E-state index contributed by atoms with van der Waals surface area (Å²) in [7, 11) is 1.43. The summed E-state index contributed by atoms with van der Waals surface area (Å²) in [5.74, 6) is -0.126. The second-order valence-corrected chi connectivity index (χ2v) is 3.85. The summed E-state index contributed by atoms with van der Waals surface area (Å²) in [6, 6.07) is 6.44. The highest BCUT2D eigenvalue weighted by atomic mass is 16.5. The van der Waals surface area contributed by atoms with Crippen molar-refractivity contribution in [1.29, 1.82) is 0 Å². The zero-order valence-electron chi connectivity index (χ0n) is 9.67. The fourth-order valence-electron chi connectivity index (χ4n) is 1.50. The molecule has 0 radical (unpaired) electrons. The van der Waals surface area contributed by atoms with Crippen molar-refractivity contribution in [2.24, 2.45) is 0 Å². The standard InChI is InChI=1S/C13H18O2/c1-10-7-8-12(9-11(10)2)5-4-6-13(14)15-3/h7-9H,4-6H2,1-3H3. The SMILES string of the molecule is COC(=O)CCCc1ccc(C)c(C)c1. The molecule has 0 atom stereocenters. The van der Waals surface area contributed by atoms with Gasteiger partial charge in [0.2, 0.25) is 0 Å². The van der Waals surface area contributed by atoms with Gasteiger partial charge < -0.3 is 4.74 Å². The molecule has 0 bridgehead atoms. The van der Waals surface area contributed by atoms with Crippen LogP contribution in [-0.2, 0) is 16.0 Å². The number of aryl methyl sites for hydroxylation is 3. The molecule has 2 heteroatoms. The van der Waals surface area contributed by atoms with Crippen molar-refractivity contribution >= 4 is 5.97 Å². The third kappa shape index (κ3) is 3.74. The molecule has 0 amide bonds. The molecule has 0 N–H and O–H groups in total. The molecule has 15 heavy (non-hydrogen) atoms. The lowest BCUT2D eigenvalue weighted by Gasteiger charge is -2.04. The van der Waals surface area contributed by atoms with E-state index in [1.807, 2.05) is 0 Å². The topological polar surface area (TPSA) is 26.3 Å². The van der Waals surface area contributed by atoms with E-state index < -0.39 is 0 Å². The molecular formula is C13H18O2. The summed E-state index contributed by atoms with van der Waals surface area (Å²) in [6.07, 6.45) is 2.30. The van der Waals surface area contributed by atoms with Gasteiger partial charge in [-0.1, -0.05) is 18.2 Å². The molecular weight excluding hydrogens is 188 g/mol. The number of hydrogen-bond donors (Lipinski definition) is 0. The van der Waals surface area contributed by atoms with Crippen LogP contribution in [0.15, 0.2) is 18.2 Å². The van der Waals surface area contributed by atoms with Gasteiger partial charge in [0.1, 0.15) is 0 Å². The smallest absolute Gasteiger partial charge is 0.305 e. The summed E-state index contributed by atoms with van der Waals surface area (Å²) >= 11 is 0. The fourth-order valence-corrected chi connectivity index (χ4v) is 1.50. The first-order valence-corrected chi connectivity index (χ1v) is 5.26. The first kappa shape index (κ1) is 11.8. The molecule has 0 aromatic heterocycles. The van der Waals surface area contributed by atoms with Crippen molar-refractivity contribution < 1.29 is 9.53 Å². The lowest BCUT2D eigenvalue weighted by atomic mass is 10.0. The van der Waals surface area contributed by atoms with Crippen LogP contribution in [0.5, 0.6) is 0 Å². The predicted molar refractivity (Wildman–Crippen MR) is 60.9 cm³/mol. The molecule has 2 nitrogen and oxygen atoms in total. The lowest BCUT2D eigenvalue weighted by Crippen LogP contribution is -2.00. The second kappa shape index (κ2) is 5.54. The Morgan fingerprint density at radius 1 is 1.27 bits per heavy atom. The summed E-state index contributed by atoms with van der Waals surface area (Å²) in [4.78, 5) is 10.9. The molecule has 0 spiro atoms. The molecule has 1 aromatic carbocycles. The first-order chi connectivity index (χ1) is 7.13. The van der Waals surface area contributed by atoms with Gasteiger partial charge in [-0.2, -0.15) is 0 Å². The third-order valence-corrected chi connectivity index (χ3v) is 2.65. The molecule has 0 aliphatic heterocycles. The first-order valence-electron chi connectivity index (χ1n) is 5.26. The Morgan fingerprint density at radius 2 is 2.00 bits per heavy atom. The number of methoxy groups -OCH3 is 1. The average Bonchev–Trinajstić information content (AvgIpc) is 2.23. The molecule has 0 aliphatic carbocycles. The fraction of sp³-hybridized carbons (Fsp3) is 0.462. The number of esters is 1. The summed E-state index contributed by atoms with van der Waals surface area (Å²) in [5.41, 5.74) is 3.92. The minimum atomic E-state index is -0.126. The average molecular weight is 206 g/mol.